The van der Waals surface area contributed by atoms with Gasteiger partial charge in [0.15, 0.2) is 5.96 Å². The van der Waals surface area contributed by atoms with Crippen molar-refractivity contribution in [1.82, 2.24) is 30.7 Å². The number of aliphatic imine (C=N–C) groups is 1. The van der Waals surface area contributed by atoms with Crippen molar-refractivity contribution in [3.63, 3.8) is 0 Å². The Bertz CT molecular complexity index is 578. The molecule has 9 heteroatoms. The number of rotatable bonds is 8. The monoisotopic (exact) mass is 367 g/mol. The molecule has 26 heavy (non-hydrogen) atoms. The van der Waals surface area contributed by atoms with Crippen molar-refractivity contribution in [2.24, 2.45) is 12.0 Å². The minimum atomic E-state index is -0.510. The predicted molar refractivity (Wildman–Crippen MR) is 102 cm³/mol. The fraction of sp³-hybridized carbons (Fsp3) is 0.765. The van der Waals surface area contributed by atoms with Crippen LogP contribution in [0, 0.1) is 0 Å². The van der Waals surface area contributed by atoms with Gasteiger partial charge in [0.2, 0.25) is 0 Å². The van der Waals surface area contributed by atoms with Gasteiger partial charge in [0, 0.05) is 26.7 Å². The molecule has 1 unspecified atom stereocenters. The number of nitrogens with one attached hydrogen (secondary N) is 3. The summed E-state index contributed by atoms with van der Waals surface area (Å²) in [5.41, 5.74) is -0.510. The molecule has 0 saturated carbocycles. The third-order valence-corrected chi connectivity index (χ3v) is 3.58. The van der Waals surface area contributed by atoms with Crippen molar-refractivity contribution >= 4 is 12.1 Å². The second-order valence-corrected chi connectivity index (χ2v) is 7.09. The number of ether oxygens (including phenoxy) is 1. The Labute approximate surface area is 156 Å². The molecule has 0 fully saturated rings. The molecule has 1 aromatic heterocycles. The van der Waals surface area contributed by atoms with Crippen molar-refractivity contribution in [2.45, 2.75) is 65.1 Å². The molecule has 0 radical (unpaired) electrons. The van der Waals surface area contributed by atoms with Gasteiger partial charge in [-0.3, -0.25) is 9.67 Å². The lowest BCUT2D eigenvalue weighted by molar-refractivity contribution is 0.0523. The second kappa shape index (κ2) is 10.6. The zero-order valence-electron chi connectivity index (χ0n) is 16.8. The molecule has 1 amide bonds. The maximum absolute atomic E-state index is 11.9. The lowest BCUT2D eigenvalue weighted by atomic mass is 10.1. The average Bonchev–Trinajstić information content (AvgIpc) is 2.96. The van der Waals surface area contributed by atoms with Crippen LogP contribution in [0.5, 0.6) is 0 Å². The molecule has 0 saturated heterocycles. The van der Waals surface area contributed by atoms with E-state index in [0.29, 0.717) is 19.0 Å². The summed E-state index contributed by atoms with van der Waals surface area (Å²) in [4.78, 5) is 20.3. The van der Waals surface area contributed by atoms with E-state index in [-0.39, 0.29) is 6.04 Å². The molecule has 148 valence electrons. The summed E-state index contributed by atoms with van der Waals surface area (Å²) in [6.45, 7) is 8.64. The zero-order valence-corrected chi connectivity index (χ0v) is 16.8. The van der Waals surface area contributed by atoms with Crippen molar-refractivity contribution < 1.29 is 9.53 Å². The van der Waals surface area contributed by atoms with Crippen LogP contribution in [-0.4, -0.2) is 52.1 Å². The van der Waals surface area contributed by atoms with Crippen molar-refractivity contribution in [2.75, 3.05) is 13.6 Å². The molecule has 0 aliphatic heterocycles. The van der Waals surface area contributed by atoms with Crippen molar-refractivity contribution in [3.8, 4) is 0 Å². The van der Waals surface area contributed by atoms with E-state index in [1.54, 1.807) is 11.7 Å². The quantitative estimate of drug-likeness (QED) is 0.476. The molecule has 0 aliphatic rings. The number of carbonyl (C=O) groups excluding carboxylic acids is 1. The van der Waals surface area contributed by atoms with Crippen molar-refractivity contribution in [3.05, 3.63) is 12.2 Å². The molecule has 0 aromatic carbocycles. The van der Waals surface area contributed by atoms with Gasteiger partial charge in [-0.05, 0) is 27.2 Å². The van der Waals surface area contributed by atoms with Crippen LogP contribution in [0.4, 0.5) is 4.79 Å². The maximum atomic E-state index is 11.9. The Balaban J connectivity index is 2.54. The Kier molecular flexibility index (Phi) is 8.87. The van der Waals surface area contributed by atoms with Gasteiger partial charge in [-0.2, -0.15) is 5.10 Å². The number of aryl methyl sites for hydroxylation is 1. The van der Waals surface area contributed by atoms with E-state index < -0.39 is 11.7 Å². The first kappa shape index (κ1) is 21.7. The molecule has 1 aromatic rings. The van der Waals surface area contributed by atoms with Crippen LogP contribution in [0.25, 0.3) is 0 Å². The van der Waals surface area contributed by atoms with E-state index in [4.69, 9.17) is 4.74 Å². The van der Waals surface area contributed by atoms with Crippen LogP contribution in [0.2, 0.25) is 0 Å². The predicted octanol–water partition coefficient (Wildman–Crippen LogP) is 1.56. The number of guanidine groups is 1. The van der Waals surface area contributed by atoms with E-state index >= 15 is 0 Å². The van der Waals surface area contributed by atoms with Gasteiger partial charge in [0.25, 0.3) is 0 Å². The normalized spacial score (nSPS) is 13.2. The highest BCUT2D eigenvalue weighted by Crippen LogP contribution is 2.07. The van der Waals surface area contributed by atoms with E-state index in [9.17, 15) is 4.79 Å². The summed E-state index contributed by atoms with van der Waals surface area (Å²) in [5.74, 6) is 1.46. The number of aromatic nitrogens is 3. The largest absolute Gasteiger partial charge is 0.444 e. The lowest BCUT2D eigenvalue weighted by Crippen LogP contribution is -2.49. The van der Waals surface area contributed by atoms with Gasteiger partial charge in [-0.15, -0.1) is 0 Å². The van der Waals surface area contributed by atoms with Gasteiger partial charge in [0.05, 0.1) is 6.54 Å². The van der Waals surface area contributed by atoms with E-state index in [0.717, 1.165) is 25.1 Å². The summed E-state index contributed by atoms with van der Waals surface area (Å²) in [5, 5.41) is 13.4. The molecule has 1 atom stereocenters. The number of amides is 1. The first-order chi connectivity index (χ1) is 12.2. The summed E-state index contributed by atoms with van der Waals surface area (Å²) >= 11 is 0. The number of unbranched alkanes of at least 4 members (excludes halogenated alkanes) is 1. The van der Waals surface area contributed by atoms with Crippen LogP contribution in [-0.2, 0) is 18.3 Å². The topological polar surface area (TPSA) is 105 Å². The number of carbonyl (C=O) groups is 1. The van der Waals surface area contributed by atoms with E-state index in [1.165, 1.54) is 6.33 Å². The first-order valence-corrected chi connectivity index (χ1v) is 9.02. The number of alkyl carbamates (subject to hydrolysis) is 1. The Morgan fingerprint density at radius 1 is 1.38 bits per heavy atom. The summed E-state index contributed by atoms with van der Waals surface area (Å²) in [7, 11) is 3.55. The third kappa shape index (κ3) is 8.68. The van der Waals surface area contributed by atoms with Crippen LogP contribution >= 0.6 is 0 Å². The molecule has 0 aliphatic carbocycles. The SMILES string of the molecule is CCCCC(CNC(=O)OC(C)(C)C)NC(=NC)NCc1ncnn1C. The molecular formula is C17H33N7O2. The maximum Gasteiger partial charge on any atom is 0.407 e. The molecular weight excluding hydrogens is 334 g/mol. The fourth-order valence-electron chi connectivity index (χ4n) is 2.23. The summed E-state index contributed by atoms with van der Waals surface area (Å²) < 4.78 is 7.00. The number of nitrogens with zero attached hydrogens (tertiary/aromatic N) is 4. The van der Waals surface area contributed by atoms with Crippen LogP contribution in [0.15, 0.2) is 11.3 Å². The molecule has 1 heterocycles. The Morgan fingerprint density at radius 2 is 2.12 bits per heavy atom. The second-order valence-electron chi connectivity index (χ2n) is 7.09. The van der Waals surface area contributed by atoms with Crippen LogP contribution in [0.1, 0.15) is 52.8 Å². The van der Waals surface area contributed by atoms with Gasteiger partial charge >= 0.3 is 6.09 Å². The van der Waals surface area contributed by atoms with Gasteiger partial charge in [-0.25, -0.2) is 9.78 Å². The number of hydrogen-bond donors (Lipinski definition) is 3. The number of hydrogen-bond acceptors (Lipinski definition) is 5. The van der Waals surface area contributed by atoms with E-state index in [1.807, 2.05) is 27.8 Å². The van der Waals surface area contributed by atoms with Gasteiger partial charge in [-0.1, -0.05) is 19.8 Å². The van der Waals surface area contributed by atoms with E-state index in [2.05, 4.69) is 37.9 Å². The van der Waals surface area contributed by atoms with Crippen LogP contribution in [0.3, 0.4) is 0 Å². The summed E-state index contributed by atoms with van der Waals surface area (Å²) in [6, 6.07) is 0.0492. The fourth-order valence-corrected chi connectivity index (χ4v) is 2.23. The lowest BCUT2D eigenvalue weighted by Gasteiger charge is -2.24. The third-order valence-electron chi connectivity index (χ3n) is 3.58. The Hall–Kier alpha value is -2.32. The Morgan fingerprint density at radius 3 is 2.65 bits per heavy atom. The molecule has 1 rings (SSSR count). The highest BCUT2D eigenvalue weighted by Gasteiger charge is 2.18. The smallest absolute Gasteiger partial charge is 0.407 e. The van der Waals surface area contributed by atoms with Crippen LogP contribution < -0.4 is 16.0 Å². The standard InChI is InChI=1S/C17H33N7O2/c1-7-8-9-13(10-20-16(25)26-17(2,3)4)23-15(18-5)19-11-14-21-12-22-24(14)6/h12-13H,7-11H2,1-6H3,(H,20,25)(H2,18,19,23). The average molecular weight is 367 g/mol. The molecule has 3 N–H and O–H groups in total. The molecule has 9 nitrogen and oxygen atoms in total. The highest BCUT2D eigenvalue weighted by atomic mass is 16.6. The van der Waals surface area contributed by atoms with Crippen molar-refractivity contribution in [1.29, 1.82) is 0 Å². The highest BCUT2D eigenvalue weighted by molar-refractivity contribution is 5.80. The molecule has 0 spiro atoms. The molecule has 0 bridgehead atoms. The first-order valence-electron chi connectivity index (χ1n) is 9.02. The minimum absolute atomic E-state index is 0.0492. The zero-order chi connectivity index (χ0) is 19.6. The summed E-state index contributed by atoms with van der Waals surface area (Å²) in [6.07, 6.45) is 4.14. The van der Waals surface area contributed by atoms with Gasteiger partial charge < -0.3 is 20.7 Å². The van der Waals surface area contributed by atoms with Gasteiger partial charge in [0.1, 0.15) is 17.8 Å². The minimum Gasteiger partial charge on any atom is -0.444 e.